The van der Waals surface area contributed by atoms with Gasteiger partial charge in [-0.15, -0.1) is 0 Å². The lowest BCUT2D eigenvalue weighted by atomic mass is 10.0. The monoisotopic (exact) mass is 264 g/mol. The van der Waals surface area contributed by atoms with Crippen LogP contribution in [0.3, 0.4) is 0 Å². The third-order valence-corrected chi connectivity index (χ3v) is 2.93. The van der Waals surface area contributed by atoms with Gasteiger partial charge in [0.2, 0.25) is 5.91 Å². The maximum absolute atomic E-state index is 11.6. The Labute approximate surface area is 115 Å². The Kier molecular flexibility index (Phi) is 7.15. The molecule has 0 heterocycles. The Bertz CT molecular complexity index is 368. The standard InChI is InChI=1S/C15H24N2O2/c1-12(14-7-5-4-6-8-14)9-16-10-15(18)17-13(2)11-19-3/h4-8,12-13,16H,9-11H2,1-3H3,(H,17,18). The summed E-state index contributed by atoms with van der Waals surface area (Å²) >= 11 is 0. The second-order valence-electron chi connectivity index (χ2n) is 4.87. The summed E-state index contributed by atoms with van der Waals surface area (Å²) in [6, 6.07) is 10.3. The molecule has 4 heteroatoms. The first-order valence-corrected chi connectivity index (χ1v) is 6.67. The predicted octanol–water partition coefficient (Wildman–Crippen LogP) is 1.53. The quantitative estimate of drug-likeness (QED) is 0.748. The largest absolute Gasteiger partial charge is 0.383 e. The molecule has 2 atom stereocenters. The van der Waals surface area contributed by atoms with E-state index >= 15 is 0 Å². The van der Waals surface area contributed by atoms with Gasteiger partial charge in [0.1, 0.15) is 0 Å². The van der Waals surface area contributed by atoms with Gasteiger partial charge >= 0.3 is 0 Å². The van der Waals surface area contributed by atoms with E-state index in [2.05, 4.69) is 29.7 Å². The summed E-state index contributed by atoms with van der Waals surface area (Å²) in [7, 11) is 1.63. The Morgan fingerprint density at radius 2 is 1.95 bits per heavy atom. The number of carbonyl (C=O) groups is 1. The molecule has 1 rings (SSSR count). The molecule has 0 radical (unpaired) electrons. The van der Waals surface area contributed by atoms with Crippen LogP contribution in [-0.4, -0.2) is 38.8 Å². The first-order valence-electron chi connectivity index (χ1n) is 6.67. The summed E-state index contributed by atoms with van der Waals surface area (Å²) in [6.07, 6.45) is 0. The van der Waals surface area contributed by atoms with Gasteiger partial charge in [-0.05, 0) is 18.4 Å². The van der Waals surface area contributed by atoms with Crippen LogP contribution >= 0.6 is 0 Å². The van der Waals surface area contributed by atoms with Crippen LogP contribution in [0.1, 0.15) is 25.3 Å². The van der Waals surface area contributed by atoms with Crippen LogP contribution < -0.4 is 10.6 Å². The summed E-state index contributed by atoms with van der Waals surface area (Å²) in [4.78, 5) is 11.6. The molecule has 19 heavy (non-hydrogen) atoms. The fourth-order valence-corrected chi connectivity index (χ4v) is 1.92. The van der Waals surface area contributed by atoms with E-state index < -0.39 is 0 Å². The third kappa shape index (κ3) is 6.36. The van der Waals surface area contributed by atoms with E-state index in [0.717, 1.165) is 6.54 Å². The first-order chi connectivity index (χ1) is 9.13. The maximum Gasteiger partial charge on any atom is 0.234 e. The Morgan fingerprint density at radius 1 is 1.26 bits per heavy atom. The Morgan fingerprint density at radius 3 is 2.58 bits per heavy atom. The summed E-state index contributed by atoms with van der Waals surface area (Å²) < 4.78 is 4.97. The number of ether oxygens (including phenoxy) is 1. The molecule has 106 valence electrons. The van der Waals surface area contributed by atoms with Gasteiger partial charge in [0.15, 0.2) is 0 Å². The minimum absolute atomic E-state index is 0.00446. The summed E-state index contributed by atoms with van der Waals surface area (Å²) in [6.45, 7) is 5.73. The van der Waals surface area contributed by atoms with Crippen LogP contribution in [0.25, 0.3) is 0 Å². The predicted molar refractivity (Wildman–Crippen MR) is 77.2 cm³/mol. The summed E-state index contributed by atoms with van der Waals surface area (Å²) in [5.74, 6) is 0.398. The van der Waals surface area contributed by atoms with E-state index in [-0.39, 0.29) is 11.9 Å². The number of hydrogen-bond acceptors (Lipinski definition) is 3. The summed E-state index contributed by atoms with van der Waals surface area (Å²) in [5, 5.41) is 6.05. The first kappa shape index (κ1) is 15.7. The molecule has 0 aliphatic rings. The van der Waals surface area contributed by atoms with Gasteiger partial charge in [-0.25, -0.2) is 0 Å². The van der Waals surface area contributed by atoms with Crippen LogP contribution in [0.5, 0.6) is 0 Å². The van der Waals surface area contributed by atoms with E-state index in [4.69, 9.17) is 4.74 Å². The molecule has 0 saturated heterocycles. The van der Waals surface area contributed by atoms with Crippen LogP contribution in [0.4, 0.5) is 0 Å². The van der Waals surface area contributed by atoms with Crippen LogP contribution in [0, 0.1) is 0 Å². The summed E-state index contributed by atoms with van der Waals surface area (Å²) in [5.41, 5.74) is 1.28. The van der Waals surface area contributed by atoms with E-state index in [1.165, 1.54) is 5.56 Å². The molecule has 0 saturated carbocycles. The minimum atomic E-state index is 0.00446. The molecule has 0 aromatic heterocycles. The van der Waals surface area contributed by atoms with Gasteiger partial charge < -0.3 is 15.4 Å². The highest BCUT2D eigenvalue weighted by Gasteiger charge is 2.08. The number of benzene rings is 1. The van der Waals surface area contributed by atoms with Crippen molar-refractivity contribution in [2.24, 2.45) is 0 Å². The van der Waals surface area contributed by atoms with Gasteiger partial charge in [0, 0.05) is 19.7 Å². The second kappa shape index (κ2) is 8.67. The van der Waals surface area contributed by atoms with E-state index in [1.54, 1.807) is 7.11 Å². The molecule has 1 aromatic carbocycles. The molecule has 2 N–H and O–H groups in total. The molecule has 0 aliphatic carbocycles. The zero-order chi connectivity index (χ0) is 14.1. The number of hydrogen-bond donors (Lipinski definition) is 2. The number of amides is 1. The van der Waals surface area contributed by atoms with E-state index in [0.29, 0.717) is 19.1 Å². The third-order valence-electron chi connectivity index (χ3n) is 2.93. The second-order valence-corrected chi connectivity index (χ2v) is 4.87. The van der Waals surface area contributed by atoms with Crippen molar-refractivity contribution in [2.75, 3.05) is 26.8 Å². The van der Waals surface area contributed by atoms with Crippen molar-refractivity contribution in [1.29, 1.82) is 0 Å². The average molecular weight is 264 g/mol. The molecule has 4 nitrogen and oxygen atoms in total. The van der Waals surface area contributed by atoms with Gasteiger partial charge in [0.25, 0.3) is 0 Å². The average Bonchev–Trinajstić information content (AvgIpc) is 2.39. The van der Waals surface area contributed by atoms with Crippen molar-refractivity contribution < 1.29 is 9.53 Å². The fourth-order valence-electron chi connectivity index (χ4n) is 1.92. The van der Waals surface area contributed by atoms with Crippen molar-refractivity contribution in [3.63, 3.8) is 0 Å². The SMILES string of the molecule is COCC(C)NC(=O)CNCC(C)c1ccccc1. The van der Waals surface area contributed by atoms with Crippen molar-refractivity contribution in [3.8, 4) is 0 Å². The lowest BCUT2D eigenvalue weighted by molar-refractivity contribution is -0.121. The highest BCUT2D eigenvalue weighted by atomic mass is 16.5. The zero-order valence-corrected chi connectivity index (χ0v) is 12.0. The molecular weight excluding hydrogens is 240 g/mol. The van der Waals surface area contributed by atoms with Crippen molar-refractivity contribution in [2.45, 2.75) is 25.8 Å². The number of methoxy groups -OCH3 is 1. The van der Waals surface area contributed by atoms with Gasteiger partial charge in [-0.2, -0.15) is 0 Å². The van der Waals surface area contributed by atoms with Gasteiger partial charge in [-0.3, -0.25) is 4.79 Å². The maximum atomic E-state index is 11.6. The fraction of sp³-hybridized carbons (Fsp3) is 0.533. The highest BCUT2D eigenvalue weighted by molar-refractivity contribution is 5.78. The minimum Gasteiger partial charge on any atom is -0.383 e. The lowest BCUT2D eigenvalue weighted by Crippen LogP contribution is -2.41. The molecule has 1 aromatic rings. The molecule has 1 amide bonds. The van der Waals surface area contributed by atoms with Crippen LogP contribution in [-0.2, 0) is 9.53 Å². The smallest absolute Gasteiger partial charge is 0.234 e. The van der Waals surface area contributed by atoms with Crippen molar-refractivity contribution in [1.82, 2.24) is 10.6 Å². The van der Waals surface area contributed by atoms with E-state index in [1.807, 2.05) is 25.1 Å². The topological polar surface area (TPSA) is 50.4 Å². The van der Waals surface area contributed by atoms with Gasteiger partial charge in [-0.1, -0.05) is 37.3 Å². The van der Waals surface area contributed by atoms with E-state index in [9.17, 15) is 4.79 Å². The zero-order valence-electron chi connectivity index (χ0n) is 12.0. The van der Waals surface area contributed by atoms with Crippen LogP contribution in [0.15, 0.2) is 30.3 Å². The van der Waals surface area contributed by atoms with Gasteiger partial charge in [0.05, 0.1) is 13.2 Å². The molecule has 0 spiro atoms. The molecule has 2 unspecified atom stereocenters. The Balaban J connectivity index is 2.21. The molecule has 0 fully saturated rings. The number of nitrogens with one attached hydrogen (secondary N) is 2. The van der Waals surface area contributed by atoms with Crippen LogP contribution in [0.2, 0.25) is 0 Å². The normalized spacial score (nSPS) is 13.8. The van der Waals surface area contributed by atoms with Crippen molar-refractivity contribution in [3.05, 3.63) is 35.9 Å². The molecule has 0 bridgehead atoms. The lowest BCUT2D eigenvalue weighted by Gasteiger charge is -2.15. The molecular formula is C15H24N2O2. The Hall–Kier alpha value is -1.39. The van der Waals surface area contributed by atoms with Crippen molar-refractivity contribution >= 4 is 5.91 Å². The highest BCUT2D eigenvalue weighted by Crippen LogP contribution is 2.12. The number of carbonyl (C=O) groups excluding carboxylic acids is 1. The number of rotatable bonds is 8. The molecule has 0 aliphatic heterocycles.